The fraction of sp³-hybridized carbons (Fsp3) is 0.929. The predicted octanol–water partition coefficient (Wildman–Crippen LogP) is 0.365. The van der Waals surface area contributed by atoms with Crippen molar-refractivity contribution >= 4 is 14.8 Å². The third-order valence-corrected chi connectivity index (χ3v) is 6.58. The maximum absolute atomic E-state index is 11.3. The summed E-state index contributed by atoms with van der Waals surface area (Å²) in [6.45, 7) is 11.5. The van der Waals surface area contributed by atoms with Gasteiger partial charge in [0.1, 0.15) is 0 Å². The second kappa shape index (κ2) is 10.3. The highest BCUT2D eigenvalue weighted by atomic mass is 28.4. The van der Waals surface area contributed by atoms with Crippen molar-refractivity contribution in [2.75, 3.05) is 65.8 Å². The van der Waals surface area contributed by atoms with Gasteiger partial charge in [0, 0.05) is 46.0 Å². The van der Waals surface area contributed by atoms with Crippen LogP contribution >= 0.6 is 0 Å². The van der Waals surface area contributed by atoms with E-state index in [0.29, 0.717) is 32.5 Å². The summed E-state index contributed by atoms with van der Waals surface area (Å²) in [6, 6.07) is 0. The molecule has 0 N–H and O–H groups in total. The van der Waals surface area contributed by atoms with Crippen LogP contribution in [0.5, 0.6) is 0 Å². The van der Waals surface area contributed by atoms with E-state index < -0.39 is 8.80 Å². The van der Waals surface area contributed by atoms with E-state index in [1.807, 2.05) is 20.8 Å². The fourth-order valence-electron chi connectivity index (χ4n) is 2.55. The fourth-order valence-corrected chi connectivity index (χ4v) is 5.26. The molecule has 22 heavy (non-hydrogen) atoms. The van der Waals surface area contributed by atoms with Gasteiger partial charge < -0.3 is 18.0 Å². The van der Waals surface area contributed by atoms with Gasteiger partial charge >= 0.3 is 14.8 Å². The molecule has 1 heterocycles. The standard InChI is InChI=1S/C14H30N2O5Si/c1-5-19-22(20-6-2,21-7-3)13-16-10-8-15(9-11-16)12-14(17)18-4/h5-13H2,1-4H3. The van der Waals surface area contributed by atoms with Crippen LogP contribution in [0.25, 0.3) is 0 Å². The lowest BCUT2D eigenvalue weighted by molar-refractivity contribution is -0.142. The zero-order chi connectivity index (χ0) is 16.4. The lowest BCUT2D eigenvalue weighted by Crippen LogP contribution is -2.59. The number of piperazine rings is 1. The van der Waals surface area contributed by atoms with Gasteiger partial charge in [0.05, 0.1) is 19.8 Å². The summed E-state index contributed by atoms with van der Waals surface area (Å²) in [6.07, 6.45) is 0.703. The van der Waals surface area contributed by atoms with E-state index in [1.54, 1.807) is 0 Å². The van der Waals surface area contributed by atoms with Crippen LogP contribution < -0.4 is 0 Å². The molecule has 0 amide bonds. The number of methoxy groups -OCH3 is 1. The van der Waals surface area contributed by atoms with Gasteiger partial charge in [-0.25, -0.2) is 0 Å². The molecule has 0 aromatic carbocycles. The molecular formula is C14H30N2O5Si. The van der Waals surface area contributed by atoms with E-state index >= 15 is 0 Å². The van der Waals surface area contributed by atoms with Gasteiger partial charge in [-0.05, 0) is 20.8 Å². The molecule has 7 nitrogen and oxygen atoms in total. The number of ether oxygens (including phenoxy) is 1. The molecule has 0 aromatic heterocycles. The molecule has 0 saturated carbocycles. The van der Waals surface area contributed by atoms with E-state index in [1.165, 1.54) is 7.11 Å². The van der Waals surface area contributed by atoms with E-state index in [-0.39, 0.29) is 5.97 Å². The predicted molar refractivity (Wildman–Crippen MR) is 85.5 cm³/mol. The molecule has 0 bridgehead atoms. The van der Waals surface area contributed by atoms with Crippen molar-refractivity contribution < 1.29 is 22.8 Å². The van der Waals surface area contributed by atoms with E-state index in [9.17, 15) is 4.79 Å². The molecule has 0 aromatic rings. The minimum atomic E-state index is -2.63. The highest BCUT2D eigenvalue weighted by Crippen LogP contribution is 2.14. The van der Waals surface area contributed by atoms with Gasteiger partial charge in [-0.15, -0.1) is 0 Å². The molecule has 0 spiro atoms. The first kappa shape index (κ1) is 19.5. The van der Waals surface area contributed by atoms with Crippen molar-refractivity contribution in [3.8, 4) is 0 Å². The van der Waals surface area contributed by atoms with Crippen LogP contribution in [0, 0.1) is 0 Å². The SMILES string of the molecule is CCO[Si](CN1CCN(CC(=O)OC)CC1)(OCC)OCC. The van der Waals surface area contributed by atoms with Crippen LogP contribution in [-0.2, 0) is 22.8 Å². The normalized spacial score (nSPS) is 17.6. The molecule has 0 aliphatic carbocycles. The first-order chi connectivity index (χ1) is 10.6. The lowest BCUT2D eigenvalue weighted by Gasteiger charge is -2.38. The van der Waals surface area contributed by atoms with Gasteiger partial charge in [-0.2, -0.15) is 0 Å². The zero-order valence-electron chi connectivity index (χ0n) is 14.3. The molecule has 1 aliphatic heterocycles. The minimum Gasteiger partial charge on any atom is -0.468 e. The number of carbonyl (C=O) groups is 1. The summed E-state index contributed by atoms with van der Waals surface area (Å²) < 4.78 is 22.4. The lowest BCUT2D eigenvalue weighted by atomic mass is 10.3. The van der Waals surface area contributed by atoms with Crippen molar-refractivity contribution in [2.45, 2.75) is 20.8 Å². The Hall–Kier alpha value is -0.513. The Morgan fingerprint density at radius 1 is 0.909 bits per heavy atom. The smallest absolute Gasteiger partial charge is 0.468 e. The van der Waals surface area contributed by atoms with Crippen LogP contribution in [0.4, 0.5) is 0 Å². The second-order valence-corrected chi connectivity index (χ2v) is 7.66. The van der Waals surface area contributed by atoms with Crippen LogP contribution in [0.15, 0.2) is 0 Å². The summed E-state index contributed by atoms with van der Waals surface area (Å²) in [4.78, 5) is 15.7. The Kier molecular flexibility index (Phi) is 9.14. The summed E-state index contributed by atoms with van der Waals surface area (Å²) >= 11 is 0. The summed E-state index contributed by atoms with van der Waals surface area (Å²) in [5, 5.41) is 0. The van der Waals surface area contributed by atoms with E-state index in [2.05, 4.69) is 9.80 Å². The maximum Gasteiger partial charge on any atom is 0.515 e. The number of rotatable bonds is 10. The maximum atomic E-state index is 11.3. The topological polar surface area (TPSA) is 60.5 Å². The van der Waals surface area contributed by atoms with Crippen LogP contribution in [0.3, 0.4) is 0 Å². The van der Waals surface area contributed by atoms with Gasteiger partial charge in [0.15, 0.2) is 0 Å². The zero-order valence-corrected chi connectivity index (χ0v) is 15.3. The number of hydrogen-bond donors (Lipinski definition) is 0. The molecular weight excluding hydrogens is 304 g/mol. The Morgan fingerprint density at radius 3 is 1.77 bits per heavy atom. The van der Waals surface area contributed by atoms with Gasteiger partial charge in [-0.1, -0.05) is 0 Å². The van der Waals surface area contributed by atoms with Crippen molar-refractivity contribution in [2.24, 2.45) is 0 Å². The van der Waals surface area contributed by atoms with E-state index in [4.69, 9.17) is 18.0 Å². The molecule has 1 rings (SSSR count). The second-order valence-electron chi connectivity index (χ2n) is 5.11. The van der Waals surface area contributed by atoms with Gasteiger partial charge in [0.2, 0.25) is 0 Å². The summed E-state index contributed by atoms with van der Waals surface area (Å²) in [5.74, 6) is -0.185. The minimum absolute atomic E-state index is 0.185. The summed E-state index contributed by atoms with van der Waals surface area (Å²) in [5.41, 5.74) is 0. The molecule has 130 valence electrons. The molecule has 0 radical (unpaired) electrons. The number of carbonyl (C=O) groups excluding carboxylic acids is 1. The van der Waals surface area contributed by atoms with Crippen molar-refractivity contribution in [3.05, 3.63) is 0 Å². The number of hydrogen-bond acceptors (Lipinski definition) is 7. The quantitative estimate of drug-likeness (QED) is 0.422. The van der Waals surface area contributed by atoms with Gasteiger partial charge in [0.25, 0.3) is 0 Å². The van der Waals surface area contributed by atoms with E-state index in [0.717, 1.165) is 26.2 Å². The van der Waals surface area contributed by atoms with Crippen molar-refractivity contribution in [1.82, 2.24) is 9.80 Å². The monoisotopic (exact) mass is 334 g/mol. The van der Waals surface area contributed by atoms with Crippen LogP contribution in [-0.4, -0.2) is 90.4 Å². The van der Waals surface area contributed by atoms with Crippen LogP contribution in [0.1, 0.15) is 20.8 Å². The van der Waals surface area contributed by atoms with Gasteiger partial charge in [-0.3, -0.25) is 14.6 Å². The molecule has 1 saturated heterocycles. The van der Waals surface area contributed by atoms with Crippen LogP contribution in [0.2, 0.25) is 0 Å². The largest absolute Gasteiger partial charge is 0.515 e. The average molecular weight is 334 g/mol. The first-order valence-corrected chi connectivity index (χ1v) is 9.95. The highest BCUT2D eigenvalue weighted by molar-refractivity contribution is 6.60. The number of nitrogens with zero attached hydrogens (tertiary/aromatic N) is 2. The molecule has 1 fully saturated rings. The van der Waals surface area contributed by atoms with Crippen molar-refractivity contribution in [1.29, 1.82) is 0 Å². The Bertz CT molecular complexity index is 307. The Labute approximate surface area is 134 Å². The molecule has 1 aliphatic rings. The first-order valence-electron chi connectivity index (χ1n) is 8.02. The third-order valence-electron chi connectivity index (χ3n) is 3.56. The molecule has 0 atom stereocenters. The summed E-state index contributed by atoms with van der Waals surface area (Å²) in [7, 11) is -1.21. The van der Waals surface area contributed by atoms with Crippen molar-refractivity contribution in [3.63, 3.8) is 0 Å². The Morgan fingerprint density at radius 2 is 1.36 bits per heavy atom. The highest BCUT2D eigenvalue weighted by Gasteiger charge is 2.43. The molecule has 0 unspecified atom stereocenters. The molecule has 8 heteroatoms. The number of esters is 1. The Balaban J connectivity index is 2.51. The third kappa shape index (κ3) is 6.31. The average Bonchev–Trinajstić information content (AvgIpc) is 2.50.